The number of nitrogens with two attached hydrogens (primary N) is 1. The first-order valence-electron chi connectivity index (χ1n) is 4.32. The third-order valence-corrected chi connectivity index (χ3v) is 2.32. The van der Waals surface area contributed by atoms with Crippen LogP contribution >= 0.6 is 11.6 Å². The Bertz CT molecular complexity index is 370. The Labute approximate surface area is 92.0 Å². The van der Waals surface area contributed by atoms with Crippen LogP contribution in [0.25, 0.3) is 0 Å². The number of carbonyl (C=O) groups is 1. The van der Waals surface area contributed by atoms with Gasteiger partial charge in [-0.15, -0.1) is 0 Å². The third kappa shape index (κ3) is 3.18. The van der Waals surface area contributed by atoms with Crippen molar-refractivity contribution in [3.63, 3.8) is 0 Å². The fourth-order valence-electron chi connectivity index (χ4n) is 1.17. The van der Waals surface area contributed by atoms with E-state index in [2.05, 4.69) is 4.74 Å². The van der Waals surface area contributed by atoms with Crippen LogP contribution in [-0.2, 0) is 16.0 Å². The number of hydrogen-bond acceptors (Lipinski definition) is 3. The van der Waals surface area contributed by atoms with E-state index in [-0.39, 0.29) is 6.42 Å². The first kappa shape index (κ1) is 11.9. The summed E-state index contributed by atoms with van der Waals surface area (Å²) >= 11 is 5.81. The minimum atomic E-state index is -0.825. The Morgan fingerprint density at radius 3 is 2.93 bits per heavy atom. The van der Waals surface area contributed by atoms with Crippen LogP contribution in [0.3, 0.4) is 0 Å². The molecule has 0 radical (unpaired) electrons. The van der Waals surface area contributed by atoms with Crippen molar-refractivity contribution in [1.29, 1.82) is 0 Å². The molecule has 0 saturated heterocycles. The number of rotatable bonds is 3. The molecule has 0 aliphatic rings. The lowest BCUT2D eigenvalue weighted by atomic mass is 10.1. The SMILES string of the molecule is COC(=O)[C@H](N)Cc1cc(F)ccc1Cl. The van der Waals surface area contributed by atoms with Crippen molar-refractivity contribution >= 4 is 17.6 Å². The molecule has 1 atom stereocenters. The molecule has 0 spiro atoms. The summed E-state index contributed by atoms with van der Waals surface area (Å²) in [6, 6.07) is 3.10. The summed E-state index contributed by atoms with van der Waals surface area (Å²) in [4.78, 5) is 11.0. The Morgan fingerprint density at radius 1 is 1.67 bits per heavy atom. The van der Waals surface area contributed by atoms with Crippen LogP contribution in [-0.4, -0.2) is 19.1 Å². The van der Waals surface area contributed by atoms with E-state index in [1.54, 1.807) is 0 Å². The molecule has 2 N–H and O–H groups in total. The molecule has 0 fully saturated rings. The maximum absolute atomic E-state index is 12.9. The summed E-state index contributed by atoms with van der Waals surface area (Å²) in [6.07, 6.45) is 0.156. The van der Waals surface area contributed by atoms with Gasteiger partial charge in [0.25, 0.3) is 0 Å². The molecule has 0 heterocycles. The van der Waals surface area contributed by atoms with Crippen molar-refractivity contribution in [3.05, 3.63) is 34.6 Å². The number of halogens is 2. The van der Waals surface area contributed by atoms with Crippen molar-refractivity contribution in [2.24, 2.45) is 5.73 Å². The summed E-state index contributed by atoms with van der Waals surface area (Å²) in [5, 5.41) is 0.385. The molecule has 0 saturated carbocycles. The molecule has 82 valence electrons. The van der Waals surface area contributed by atoms with E-state index in [4.69, 9.17) is 17.3 Å². The minimum absolute atomic E-state index is 0.156. The predicted octanol–water partition coefficient (Wildman–Crippen LogP) is 1.52. The molecule has 1 aromatic rings. The third-order valence-electron chi connectivity index (χ3n) is 1.95. The first-order valence-corrected chi connectivity index (χ1v) is 4.69. The number of esters is 1. The van der Waals surface area contributed by atoms with Crippen molar-refractivity contribution in [2.45, 2.75) is 12.5 Å². The Hall–Kier alpha value is -1.13. The molecular formula is C10H11ClFNO2. The predicted molar refractivity (Wildman–Crippen MR) is 55.1 cm³/mol. The molecule has 0 amide bonds. The highest BCUT2D eigenvalue weighted by molar-refractivity contribution is 6.31. The van der Waals surface area contributed by atoms with Gasteiger partial charge in [0.1, 0.15) is 11.9 Å². The van der Waals surface area contributed by atoms with Gasteiger partial charge >= 0.3 is 5.97 Å². The van der Waals surface area contributed by atoms with Crippen molar-refractivity contribution in [2.75, 3.05) is 7.11 Å². The maximum atomic E-state index is 12.9. The monoisotopic (exact) mass is 231 g/mol. The molecule has 15 heavy (non-hydrogen) atoms. The van der Waals surface area contributed by atoms with Crippen molar-refractivity contribution in [3.8, 4) is 0 Å². The number of hydrogen-bond donors (Lipinski definition) is 1. The van der Waals surface area contributed by atoms with Gasteiger partial charge in [-0.05, 0) is 30.2 Å². The molecule has 0 aliphatic heterocycles. The zero-order valence-electron chi connectivity index (χ0n) is 8.17. The molecule has 1 aromatic carbocycles. The highest BCUT2D eigenvalue weighted by Crippen LogP contribution is 2.18. The first-order chi connectivity index (χ1) is 7.04. The highest BCUT2D eigenvalue weighted by atomic mass is 35.5. The van der Waals surface area contributed by atoms with E-state index in [1.165, 1.54) is 25.3 Å². The van der Waals surface area contributed by atoms with Crippen LogP contribution in [0.4, 0.5) is 4.39 Å². The van der Waals surface area contributed by atoms with Crippen LogP contribution < -0.4 is 5.73 Å². The molecular weight excluding hydrogens is 221 g/mol. The van der Waals surface area contributed by atoms with Crippen LogP contribution in [0, 0.1) is 5.82 Å². The standard InChI is InChI=1S/C10H11ClFNO2/c1-15-10(14)9(13)5-6-4-7(12)2-3-8(6)11/h2-4,9H,5,13H2,1H3/t9-/m1/s1. The molecule has 0 aliphatic carbocycles. The maximum Gasteiger partial charge on any atom is 0.322 e. The van der Waals surface area contributed by atoms with E-state index < -0.39 is 17.8 Å². The topological polar surface area (TPSA) is 52.3 Å². The van der Waals surface area contributed by atoms with E-state index in [1.807, 2.05) is 0 Å². The van der Waals surface area contributed by atoms with Gasteiger partial charge < -0.3 is 10.5 Å². The van der Waals surface area contributed by atoms with Gasteiger partial charge in [-0.25, -0.2) is 4.39 Å². The number of carbonyl (C=O) groups excluding carboxylic acids is 1. The molecule has 0 aromatic heterocycles. The zero-order chi connectivity index (χ0) is 11.4. The average Bonchev–Trinajstić information content (AvgIpc) is 2.22. The molecule has 5 heteroatoms. The van der Waals surface area contributed by atoms with Crippen molar-refractivity contribution in [1.82, 2.24) is 0 Å². The fraction of sp³-hybridized carbons (Fsp3) is 0.300. The molecule has 3 nitrogen and oxygen atoms in total. The summed E-state index contributed by atoms with van der Waals surface area (Å²) in [6.45, 7) is 0. The Morgan fingerprint density at radius 2 is 2.33 bits per heavy atom. The fourth-order valence-corrected chi connectivity index (χ4v) is 1.37. The van der Waals surface area contributed by atoms with Gasteiger partial charge in [0.05, 0.1) is 7.11 Å². The zero-order valence-corrected chi connectivity index (χ0v) is 8.92. The second kappa shape index (κ2) is 5.09. The van der Waals surface area contributed by atoms with Gasteiger partial charge in [-0.3, -0.25) is 4.79 Å². The number of benzene rings is 1. The van der Waals surface area contributed by atoms with Crippen LogP contribution in [0.1, 0.15) is 5.56 Å². The second-order valence-corrected chi connectivity index (χ2v) is 3.48. The summed E-state index contributed by atoms with van der Waals surface area (Å²) in [5.41, 5.74) is 6.02. The smallest absolute Gasteiger partial charge is 0.322 e. The minimum Gasteiger partial charge on any atom is -0.468 e. The lowest BCUT2D eigenvalue weighted by molar-refractivity contribution is -0.142. The van der Waals surface area contributed by atoms with Crippen LogP contribution in [0.15, 0.2) is 18.2 Å². The van der Waals surface area contributed by atoms with Gasteiger partial charge in [-0.2, -0.15) is 0 Å². The highest BCUT2D eigenvalue weighted by Gasteiger charge is 2.16. The normalized spacial score (nSPS) is 12.3. The largest absolute Gasteiger partial charge is 0.468 e. The lowest BCUT2D eigenvalue weighted by Gasteiger charge is -2.10. The molecule has 0 unspecified atom stereocenters. The van der Waals surface area contributed by atoms with Gasteiger partial charge in [-0.1, -0.05) is 11.6 Å². The summed E-state index contributed by atoms with van der Waals surface area (Å²) < 4.78 is 17.3. The van der Waals surface area contributed by atoms with Crippen LogP contribution in [0.2, 0.25) is 5.02 Å². The van der Waals surface area contributed by atoms with Gasteiger partial charge in [0.2, 0.25) is 0 Å². The van der Waals surface area contributed by atoms with E-state index >= 15 is 0 Å². The van der Waals surface area contributed by atoms with Gasteiger partial charge in [0.15, 0.2) is 0 Å². The number of ether oxygens (including phenoxy) is 1. The van der Waals surface area contributed by atoms with E-state index in [0.717, 1.165) is 0 Å². The van der Waals surface area contributed by atoms with Gasteiger partial charge in [0, 0.05) is 5.02 Å². The second-order valence-electron chi connectivity index (χ2n) is 3.07. The summed E-state index contributed by atoms with van der Waals surface area (Å²) in [7, 11) is 1.25. The van der Waals surface area contributed by atoms with E-state index in [9.17, 15) is 9.18 Å². The van der Waals surface area contributed by atoms with E-state index in [0.29, 0.717) is 10.6 Å². The van der Waals surface area contributed by atoms with Crippen molar-refractivity contribution < 1.29 is 13.9 Å². The Kier molecular flexibility index (Phi) is 4.05. The average molecular weight is 232 g/mol. The number of methoxy groups -OCH3 is 1. The quantitative estimate of drug-likeness (QED) is 0.803. The van der Waals surface area contributed by atoms with Crippen LogP contribution in [0.5, 0.6) is 0 Å². The molecule has 1 rings (SSSR count). The molecule has 0 bridgehead atoms. The summed E-state index contributed by atoms with van der Waals surface area (Å²) in [5.74, 6) is -0.957. The lowest BCUT2D eigenvalue weighted by Crippen LogP contribution is -2.33. The Balaban J connectivity index is 2.80.